The van der Waals surface area contributed by atoms with Crippen molar-refractivity contribution in [1.82, 2.24) is 19.7 Å². The van der Waals surface area contributed by atoms with Crippen LogP contribution >= 0.6 is 0 Å². The fraction of sp³-hybridized carbons (Fsp3) is 0.471. The molecule has 7 heteroatoms. The van der Waals surface area contributed by atoms with Crippen molar-refractivity contribution in [3.63, 3.8) is 0 Å². The SMILES string of the molecule is CCn1nc(CO)c2c1CCN(c1cccc(C(=O)N(C)C)n1)C2. The second-order valence-corrected chi connectivity index (χ2v) is 6.10. The first-order chi connectivity index (χ1) is 11.5. The maximum atomic E-state index is 12.1. The molecule has 0 bridgehead atoms. The lowest BCUT2D eigenvalue weighted by Crippen LogP contribution is -2.32. The number of hydrogen-bond donors (Lipinski definition) is 1. The van der Waals surface area contributed by atoms with E-state index in [9.17, 15) is 9.90 Å². The Morgan fingerprint density at radius 3 is 2.83 bits per heavy atom. The predicted octanol–water partition coefficient (Wildman–Crippen LogP) is 1.05. The molecule has 7 nitrogen and oxygen atoms in total. The molecule has 2 aromatic heterocycles. The van der Waals surface area contributed by atoms with Gasteiger partial charge in [0, 0.05) is 51.4 Å². The van der Waals surface area contributed by atoms with Crippen LogP contribution in [0.1, 0.15) is 34.4 Å². The number of anilines is 1. The van der Waals surface area contributed by atoms with Gasteiger partial charge >= 0.3 is 0 Å². The van der Waals surface area contributed by atoms with Crippen LogP contribution in [0.4, 0.5) is 5.82 Å². The molecule has 0 saturated carbocycles. The number of aliphatic hydroxyl groups excluding tert-OH is 1. The number of nitrogens with zero attached hydrogens (tertiary/aromatic N) is 5. The summed E-state index contributed by atoms with van der Waals surface area (Å²) < 4.78 is 1.97. The lowest BCUT2D eigenvalue weighted by atomic mass is 10.1. The number of aryl methyl sites for hydroxylation is 1. The summed E-state index contributed by atoms with van der Waals surface area (Å²) in [4.78, 5) is 20.3. The quantitative estimate of drug-likeness (QED) is 0.908. The fourth-order valence-corrected chi connectivity index (χ4v) is 3.09. The number of aromatic nitrogens is 3. The molecule has 0 unspecified atom stereocenters. The van der Waals surface area contributed by atoms with Crippen LogP contribution in [0.15, 0.2) is 18.2 Å². The standard InChI is InChI=1S/C17H23N5O2/c1-4-22-15-8-9-21(10-12(15)14(11-23)19-22)16-7-5-6-13(18-16)17(24)20(2)3/h5-7,23H,4,8-11H2,1-3H3. The average molecular weight is 329 g/mol. The highest BCUT2D eigenvalue weighted by Crippen LogP contribution is 2.26. The highest BCUT2D eigenvalue weighted by molar-refractivity contribution is 5.92. The number of rotatable bonds is 4. The van der Waals surface area contributed by atoms with Crippen LogP contribution in [0.5, 0.6) is 0 Å². The zero-order chi connectivity index (χ0) is 17.3. The molecule has 1 aliphatic heterocycles. The number of fused-ring (bicyclic) bond motifs is 1. The number of aliphatic hydroxyl groups is 1. The third-order valence-electron chi connectivity index (χ3n) is 4.35. The van der Waals surface area contributed by atoms with Crippen molar-refractivity contribution in [3.05, 3.63) is 40.8 Å². The van der Waals surface area contributed by atoms with Crippen molar-refractivity contribution in [1.29, 1.82) is 0 Å². The van der Waals surface area contributed by atoms with Gasteiger partial charge in [0.15, 0.2) is 0 Å². The highest BCUT2D eigenvalue weighted by Gasteiger charge is 2.25. The third kappa shape index (κ3) is 2.87. The van der Waals surface area contributed by atoms with Gasteiger partial charge in [-0.25, -0.2) is 4.98 Å². The van der Waals surface area contributed by atoms with Gasteiger partial charge in [-0.15, -0.1) is 0 Å². The molecular formula is C17H23N5O2. The lowest BCUT2D eigenvalue weighted by molar-refractivity contribution is 0.0822. The Morgan fingerprint density at radius 2 is 2.17 bits per heavy atom. The minimum absolute atomic E-state index is 0.0598. The molecule has 0 fully saturated rings. The first-order valence-electron chi connectivity index (χ1n) is 8.17. The molecule has 1 aliphatic rings. The molecule has 0 radical (unpaired) electrons. The van der Waals surface area contributed by atoms with Gasteiger partial charge in [-0.1, -0.05) is 6.07 Å². The molecule has 1 N–H and O–H groups in total. The van der Waals surface area contributed by atoms with E-state index in [1.165, 1.54) is 10.6 Å². The molecule has 128 valence electrons. The molecular weight excluding hydrogens is 306 g/mol. The van der Waals surface area contributed by atoms with Gasteiger partial charge in [0.2, 0.25) is 0 Å². The summed E-state index contributed by atoms with van der Waals surface area (Å²) in [6, 6.07) is 5.51. The predicted molar refractivity (Wildman–Crippen MR) is 90.8 cm³/mol. The van der Waals surface area contributed by atoms with Crippen molar-refractivity contribution in [2.45, 2.75) is 33.0 Å². The van der Waals surface area contributed by atoms with Crippen LogP contribution in [-0.4, -0.2) is 51.3 Å². The summed E-state index contributed by atoms with van der Waals surface area (Å²) in [7, 11) is 3.44. The summed E-state index contributed by atoms with van der Waals surface area (Å²) in [6.07, 6.45) is 0.851. The second-order valence-electron chi connectivity index (χ2n) is 6.10. The van der Waals surface area contributed by atoms with Crippen LogP contribution < -0.4 is 4.90 Å². The summed E-state index contributed by atoms with van der Waals surface area (Å²) in [5.74, 6) is 0.672. The minimum Gasteiger partial charge on any atom is -0.390 e. The average Bonchev–Trinajstić information content (AvgIpc) is 2.98. The molecule has 0 aromatic carbocycles. The van der Waals surface area contributed by atoms with Crippen LogP contribution in [-0.2, 0) is 26.1 Å². The number of carbonyl (C=O) groups excluding carboxylic acids is 1. The monoisotopic (exact) mass is 329 g/mol. The van der Waals surface area contributed by atoms with Crippen molar-refractivity contribution in [2.24, 2.45) is 0 Å². The maximum Gasteiger partial charge on any atom is 0.272 e. The lowest BCUT2D eigenvalue weighted by Gasteiger charge is -2.29. The first-order valence-corrected chi connectivity index (χ1v) is 8.17. The van der Waals surface area contributed by atoms with Gasteiger partial charge in [0.25, 0.3) is 5.91 Å². The van der Waals surface area contributed by atoms with Crippen LogP contribution in [0, 0.1) is 0 Å². The molecule has 0 atom stereocenters. The van der Waals surface area contributed by atoms with Gasteiger partial charge in [-0.05, 0) is 19.1 Å². The van der Waals surface area contributed by atoms with E-state index in [4.69, 9.17) is 0 Å². The smallest absolute Gasteiger partial charge is 0.272 e. The molecule has 3 heterocycles. The minimum atomic E-state index is -0.107. The zero-order valence-corrected chi connectivity index (χ0v) is 14.4. The zero-order valence-electron chi connectivity index (χ0n) is 14.4. The van der Waals surface area contributed by atoms with Crippen molar-refractivity contribution in [3.8, 4) is 0 Å². The Bertz CT molecular complexity index is 753. The Morgan fingerprint density at radius 1 is 1.38 bits per heavy atom. The van der Waals surface area contributed by atoms with Gasteiger partial charge in [0.05, 0.1) is 12.3 Å². The maximum absolute atomic E-state index is 12.1. The van der Waals surface area contributed by atoms with E-state index in [1.807, 2.05) is 16.8 Å². The molecule has 2 aromatic rings. The summed E-state index contributed by atoms with van der Waals surface area (Å²) in [5, 5.41) is 14.1. The number of amides is 1. The first kappa shape index (κ1) is 16.4. The molecule has 0 saturated heterocycles. The van der Waals surface area contributed by atoms with E-state index in [2.05, 4.69) is 21.9 Å². The normalized spacial score (nSPS) is 13.8. The Labute approximate surface area is 141 Å². The van der Waals surface area contributed by atoms with E-state index in [1.54, 1.807) is 20.2 Å². The van der Waals surface area contributed by atoms with E-state index in [0.29, 0.717) is 12.2 Å². The summed E-state index contributed by atoms with van der Waals surface area (Å²) in [5.41, 5.74) is 3.45. The van der Waals surface area contributed by atoms with E-state index in [-0.39, 0.29) is 12.5 Å². The van der Waals surface area contributed by atoms with Gasteiger partial charge in [-0.3, -0.25) is 9.48 Å². The van der Waals surface area contributed by atoms with Crippen LogP contribution in [0.2, 0.25) is 0 Å². The highest BCUT2D eigenvalue weighted by atomic mass is 16.3. The topological polar surface area (TPSA) is 74.5 Å². The molecule has 0 aliphatic carbocycles. The number of carbonyl (C=O) groups is 1. The number of hydrogen-bond acceptors (Lipinski definition) is 5. The van der Waals surface area contributed by atoms with Crippen molar-refractivity contribution in [2.75, 3.05) is 25.5 Å². The Balaban J connectivity index is 1.89. The fourth-order valence-electron chi connectivity index (χ4n) is 3.09. The van der Waals surface area contributed by atoms with Gasteiger partial charge < -0.3 is 14.9 Å². The van der Waals surface area contributed by atoms with E-state index >= 15 is 0 Å². The number of pyridine rings is 1. The Hall–Kier alpha value is -2.41. The second kappa shape index (κ2) is 6.60. The van der Waals surface area contributed by atoms with Gasteiger partial charge in [0.1, 0.15) is 11.5 Å². The van der Waals surface area contributed by atoms with Crippen molar-refractivity contribution < 1.29 is 9.90 Å². The van der Waals surface area contributed by atoms with E-state index in [0.717, 1.165) is 36.6 Å². The van der Waals surface area contributed by atoms with Gasteiger partial charge in [-0.2, -0.15) is 5.10 Å². The molecule has 3 rings (SSSR count). The molecule has 24 heavy (non-hydrogen) atoms. The summed E-state index contributed by atoms with van der Waals surface area (Å²) >= 11 is 0. The van der Waals surface area contributed by atoms with Crippen LogP contribution in [0.3, 0.4) is 0 Å². The van der Waals surface area contributed by atoms with E-state index < -0.39 is 0 Å². The van der Waals surface area contributed by atoms with Crippen molar-refractivity contribution >= 4 is 11.7 Å². The molecule has 0 spiro atoms. The third-order valence-corrected chi connectivity index (χ3v) is 4.35. The molecule has 1 amide bonds. The van der Waals surface area contributed by atoms with Crippen LogP contribution in [0.25, 0.3) is 0 Å². The Kier molecular flexibility index (Phi) is 4.53. The largest absolute Gasteiger partial charge is 0.390 e. The summed E-state index contributed by atoms with van der Waals surface area (Å²) in [6.45, 7) is 4.26.